The minimum atomic E-state index is -0.251. The molecule has 30 heavy (non-hydrogen) atoms. The molecule has 2 N–H and O–H groups in total. The van der Waals surface area contributed by atoms with E-state index in [0.717, 1.165) is 44.1 Å². The Morgan fingerprint density at radius 1 is 1.17 bits per heavy atom. The summed E-state index contributed by atoms with van der Waals surface area (Å²) < 4.78 is 10.7. The number of aromatic nitrogens is 2. The van der Waals surface area contributed by atoms with Crippen molar-refractivity contribution in [1.29, 1.82) is 0 Å². The molecule has 1 aromatic heterocycles. The van der Waals surface area contributed by atoms with Crippen LogP contribution in [0.25, 0.3) is 0 Å². The van der Waals surface area contributed by atoms with Crippen molar-refractivity contribution in [2.24, 2.45) is 0 Å². The molecule has 1 saturated carbocycles. The van der Waals surface area contributed by atoms with Crippen molar-refractivity contribution in [2.75, 3.05) is 25.6 Å². The Balaban J connectivity index is 1.37. The number of nitrogens with zero attached hydrogens (tertiary/aromatic N) is 3. The molecule has 2 amide bonds. The van der Waals surface area contributed by atoms with Gasteiger partial charge in [-0.25, -0.2) is 9.78 Å². The van der Waals surface area contributed by atoms with E-state index in [0.29, 0.717) is 11.6 Å². The number of nitrogens with one attached hydrogen (secondary N) is 2. The molecule has 162 valence electrons. The highest BCUT2D eigenvalue weighted by Crippen LogP contribution is 2.35. The molecule has 1 aromatic rings. The van der Waals surface area contributed by atoms with Crippen LogP contribution < -0.4 is 19.7 Å². The summed E-state index contributed by atoms with van der Waals surface area (Å²) in [5, 5.41) is 3.58. The number of urea groups is 1. The molecule has 0 spiro atoms. The number of hydrogen-bond acceptors (Lipinski definition) is 5. The molecule has 1 aliphatic heterocycles. The summed E-state index contributed by atoms with van der Waals surface area (Å²) in [4.78, 5) is 19.0. The van der Waals surface area contributed by atoms with Crippen molar-refractivity contribution in [3.8, 4) is 5.88 Å². The fourth-order valence-electron chi connectivity index (χ4n) is 4.27. The first-order valence-electron chi connectivity index (χ1n) is 10.8. The van der Waals surface area contributed by atoms with Gasteiger partial charge >= 0.3 is 6.03 Å². The molecule has 0 unspecified atom stereocenters. The van der Waals surface area contributed by atoms with Crippen LogP contribution in [0.4, 0.5) is 10.7 Å². The lowest BCUT2D eigenvalue weighted by molar-refractivity contribution is 0.235. The van der Waals surface area contributed by atoms with Crippen molar-refractivity contribution in [3.05, 3.63) is 34.6 Å². The molecule has 1 fully saturated rings. The third kappa shape index (κ3) is 4.53. The fourth-order valence-corrected chi connectivity index (χ4v) is 4.90. The van der Waals surface area contributed by atoms with Gasteiger partial charge in [0.25, 0.3) is 0 Å². The standard InChI is InChI=1S/C22H31N5O2S/c1-15-7-4-8-16(15)13-17-9-5-10-18(17)14-23-21(28)25-30-19-20-27(11-6-12-29-20)22(24-19)26(2)3/h13-14H,4-12H2,1-3H3,(H2,23,25,28)/b17-13-,18-14+. The summed E-state index contributed by atoms with van der Waals surface area (Å²) in [6, 6.07) is -0.251. The average molecular weight is 430 g/mol. The van der Waals surface area contributed by atoms with Gasteiger partial charge in [0.15, 0.2) is 5.03 Å². The maximum Gasteiger partial charge on any atom is 0.329 e. The summed E-state index contributed by atoms with van der Waals surface area (Å²) in [5.41, 5.74) is 5.60. The topological polar surface area (TPSA) is 71.4 Å². The lowest BCUT2D eigenvalue weighted by Crippen LogP contribution is -2.27. The van der Waals surface area contributed by atoms with Gasteiger partial charge in [-0.05, 0) is 68.6 Å². The monoisotopic (exact) mass is 429 g/mol. The summed E-state index contributed by atoms with van der Waals surface area (Å²) >= 11 is 1.19. The number of ether oxygens (including phenoxy) is 1. The Morgan fingerprint density at radius 2 is 1.97 bits per heavy atom. The minimum Gasteiger partial charge on any atom is -0.477 e. The van der Waals surface area contributed by atoms with Gasteiger partial charge < -0.3 is 15.0 Å². The Morgan fingerprint density at radius 3 is 2.73 bits per heavy atom. The Kier molecular flexibility index (Phi) is 6.41. The number of carbonyl (C=O) groups excluding carboxylic acids is 1. The third-order valence-corrected chi connectivity index (χ3v) is 6.60. The predicted molar refractivity (Wildman–Crippen MR) is 121 cm³/mol. The maximum absolute atomic E-state index is 12.4. The Hall–Kier alpha value is -2.35. The van der Waals surface area contributed by atoms with E-state index in [4.69, 9.17) is 4.74 Å². The molecular formula is C22H31N5O2S. The zero-order chi connectivity index (χ0) is 21.1. The molecular weight excluding hydrogens is 398 g/mol. The van der Waals surface area contributed by atoms with Crippen LogP contribution in [0.2, 0.25) is 0 Å². The summed E-state index contributed by atoms with van der Waals surface area (Å²) in [7, 11) is 3.92. The van der Waals surface area contributed by atoms with Crippen LogP contribution in [-0.2, 0) is 6.54 Å². The van der Waals surface area contributed by atoms with E-state index in [1.165, 1.54) is 53.5 Å². The van der Waals surface area contributed by atoms with Crippen LogP contribution in [0, 0.1) is 0 Å². The number of allylic oxidation sites excluding steroid dienone is 5. The fraction of sp³-hybridized carbons (Fsp3) is 0.545. The highest BCUT2D eigenvalue weighted by atomic mass is 32.2. The molecule has 0 saturated heterocycles. The smallest absolute Gasteiger partial charge is 0.329 e. The van der Waals surface area contributed by atoms with E-state index < -0.39 is 0 Å². The first-order valence-corrected chi connectivity index (χ1v) is 11.6. The van der Waals surface area contributed by atoms with Gasteiger partial charge in [-0.3, -0.25) is 9.29 Å². The number of fused-ring (bicyclic) bond motifs is 1. The lowest BCUT2D eigenvalue weighted by atomic mass is 10.0. The van der Waals surface area contributed by atoms with Crippen LogP contribution in [0.15, 0.2) is 39.6 Å². The Labute approximate surface area is 182 Å². The van der Waals surface area contributed by atoms with Crippen molar-refractivity contribution >= 4 is 23.9 Å². The van der Waals surface area contributed by atoms with Gasteiger partial charge in [0.1, 0.15) is 0 Å². The number of rotatable bonds is 5. The molecule has 2 aliphatic carbocycles. The van der Waals surface area contributed by atoms with Crippen LogP contribution in [0.3, 0.4) is 0 Å². The highest BCUT2D eigenvalue weighted by Gasteiger charge is 2.24. The van der Waals surface area contributed by atoms with Crippen molar-refractivity contribution < 1.29 is 9.53 Å². The first kappa shape index (κ1) is 20.9. The normalized spacial score (nSPS) is 21.2. The van der Waals surface area contributed by atoms with E-state index in [-0.39, 0.29) is 6.03 Å². The molecule has 0 atom stereocenters. The zero-order valence-corrected chi connectivity index (χ0v) is 18.9. The number of anilines is 1. The van der Waals surface area contributed by atoms with Gasteiger partial charge in [0, 0.05) is 38.8 Å². The van der Waals surface area contributed by atoms with Gasteiger partial charge in [-0.15, -0.1) is 0 Å². The van der Waals surface area contributed by atoms with Crippen LogP contribution in [0.5, 0.6) is 5.88 Å². The molecule has 7 nitrogen and oxygen atoms in total. The molecule has 2 heterocycles. The van der Waals surface area contributed by atoms with E-state index in [9.17, 15) is 4.79 Å². The molecule has 0 radical (unpaired) electrons. The number of imidazole rings is 1. The minimum absolute atomic E-state index is 0.251. The second-order valence-corrected chi connectivity index (χ2v) is 9.09. The molecule has 3 aliphatic rings. The zero-order valence-electron chi connectivity index (χ0n) is 18.1. The first-order chi connectivity index (χ1) is 14.5. The predicted octanol–water partition coefficient (Wildman–Crippen LogP) is 4.53. The molecule has 8 heteroatoms. The highest BCUT2D eigenvalue weighted by molar-refractivity contribution is 7.98. The maximum atomic E-state index is 12.4. The SMILES string of the molecule is CC1=C(/C=C2/CCC/C2=C\NC(=O)NSc2nc(N(C)C)n3c2OCCC3)CCC1. The summed E-state index contributed by atoms with van der Waals surface area (Å²) in [6.07, 6.45) is 12.1. The second kappa shape index (κ2) is 9.20. The quantitative estimate of drug-likeness (QED) is 0.673. The number of hydrogen-bond donors (Lipinski definition) is 2. The van der Waals surface area contributed by atoms with Crippen molar-refractivity contribution in [1.82, 2.24) is 19.6 Å². The number of amides is 2. The van der Waals surface area contributed by atoms with Crippen molar-refractivity contribution in [2.45, 2.75) is 63.4 Å². The van der Waals surface area contributed by atoms with Crippen LogP contribution >= 0.6 is 11.9 Å². The summed E-state index contributed by atoms with van der Waals surface area (Å²) in [6.45, 7) is 3.79. The van der Waals surface area contributed by atoms with Gasteiger partial charge in [0.2, 0.25) is 11.8 Å². The second-order valence-electron chi connectivity index (χ2n) is 8.30. The third-order valence-electron chi connectivity index (χ3n) is 5.85. The van der Waals surface area contributed by atoms with Gasteiger partial charge in [0.05, 0.1) is 6.61 Å². The van der Waals surface area contributed by atoms with Crippen LogP contribution in [-0.4, -0.2) is 36.3 Å². The average Bonchev–Trinajstić information content (AvgIpc) is 3.44. The van der Waals surface area contributed by atoms with E-state index in [1.54, 1.807) is 0 Å². The van der Waals surface area contributed by atoms with Gasteiger partial charge in [-0.1, -0.05) is 11.6 Å². The molecule has 0 bridgehead atoms. The molecule has 4 rings (SSSR count). The Bertz CT molecular complexity index is 913. The molecule has 0 aromatic carbocycles. The van der Waals surface area contributed by atoms with E-state index in [1.807, 2.05) is 25.2 Å². The van der Waals surface area contributed by atoms with Gasteiger partial charge in [-0.2, -0.15) is 0 Å². The summed E-state index contributed by atoms with van der Waals surface area (Å²) in [5.74, 6) is 1.57. The lowest BCUT2D eigenvalue weighted by Gasteiger charge is -2.20. The number of carbonyl (C=O) groups is 1. The van der Waals surface area contributed by atoms with E-state index >= 15 is 0 Å². The van der Waals surface area contributed by atoms with E-state index in [2.05, 4.69) is 32.6 Å². The largest absolute Gasteiger partial charge is 0.477 e. The van der Waals surface area contributed by atoms with Crippen molar-refractivity contribution in [3.63, 3.8) is 0 Å². The van der Waals surface area contributed by atoms with Crippen LogP contribution in [0.1, 0.15) is 51.9 Å².